The van der Waals surface area contributed by atoms with Gasteiger partial charge in [0.25, 0.3) is 0 Å². The molecule has 0 saturated carbocycles. The Balaban J connectivity index is 2.12. The third-order valence-corrected chi connectivity index (χ3v) is 2.76. The number of carbonyl (C=O) groups excluding carboxylic acids is 2. The Morgan fingerprint density at radius 1 is 0.909 bits per heavy atom. The van der Waals surface area contributed by atoms with Crippen LogP contribution < -0.4 is 15.4 Å². The maximum absolute atomic E-state index is 13.4. The van der Waals surface area contributed by atoms with E-state index in [0.717, 1.165) is 18.2 Å². The zero-order valence-electron chi connectivity index (χ0n) is 11.5. The van der Waals surface area contributed by atoms with Gasteiger partial charge in [-0.2, -0.15) is 0 Å². The molecule has 0 atom stereocenters. The van der Waals surface area contributed by atoms with Crippen LogP contribution in [0, 0.1) is 11.6 Å². The molecule has 0 fully saturated rings. The summed E-state index contributed by atoms with van der Waals surface area (Å²) in [5.74, 6) is -3.88. The van der Waals surface area contributed by atoms with Crippen LogP contribution >= 0.6 is 0 Å². The Bertz CT molecular complexity index is 699. The fraction of sp³-hybridized carbons (Fsp3) is 0.0667. The van der Waals surface area contributed by atoms with E-state index in [0.29, 0.717) is 5.75 Å². The zero-order valence-corrected chi connectivity index (χ0v) is 11.5. The van der Waals surface area contributed by atoms with Crippen molar-refractivity contribution in [2.75, 3.05) is 17.7 Å². The van der Waals surface area contributed by atoms with Gasteiger partial charge >= 0.3 is 11.8 Å². The van der Waals surface area contributed by atoms with E-state index in [1.165, 1.54) is 13.2 Å². The molecular formula is C15H12F2N2O3. The van der Waals surface area contributed by atoms with Crippen molar-refractivity contribution in [3.8, 4) is 5.75 Å². The predicted octanol–water partition coefficient (Wildman–Crippen LogP) is 2.55. The number of para-hydroxylation sites is 3. The van der Waals surface area contributed by atoms with Crippen molar-refractivity contribution < 1.29 is 23.1 Å². The van der Waals surface area contributed by atoms with Crippen molar-refractivity contribution in [2.24, 2.45) is 0 Å². The van der Waals surface area contributed by atoms with E-state index < -0.39 is 29.1 Å². The third-order valence-electron chi connectivity index (χ3n) is 2.76. The highest BCUT2D eigenvalue weighted by Gasteiger charge is 2.19. The first-order valence-electron chi connectivity index (χ1n) is 6.22. The number of nitrogens with one attached hydrogen (secondary N) is 2. The van der Waals surface area contributed by atoms with Crippen LogP contribution in [0.15, 0.2) is 42.5 Å². The summed E-state index contributed by atoms with van der Waals surface area (Å²) in [5, 5.41) is 4.19. The second-order valence-electron chi connectivity index (χ2n) is 4.21. The first kappa shape index (κ1) is 15.4. The molecule has 0 radical (unpaired) electrons. The molecule has 0 aliphatic rings. The normalized spacial score (nSPS) is 9.95. The highest BCUT2D eigenvalue weighted by atomic mass is 19.1. The summed E-state index contributed by atoms with van der Waals surface area (Å²) in [6, 6.07) is 9.51. The van der Waals surface area contributed by atoms with Crippen LogP contribution in [-0.4, -0.2) is 18.9 Å². The molecule has 2 N–H and O–H groups in total. The zero-order chi connectivity index (χ0) is 16.1. The van der Waals surface area contributed by atoms with E-state index in [9.17, 15) is 18.4 Å². The van der Waals surface area contributed by atoms with E-state index >= 15 is 0 Å². The molecular weight excluding hydrogens is 294 g/mol. The van der Waals surface area contributed by atoms with Gasteiger partial charge in [0.15, 0.2) is 0 Å². The van der Waals surface area contributed by atoms with E-state index in [1.807, 2.05) is 5.32 Å². The summed E-state index contributed by atoms with van der Waals surface area (Å²) in [6.07, 6.45) is 0. The number of anilines is 2. The van der Waals surface area contributed by atoms with Crippen molar-refractivity contribution in [1.82, 2.24) is 0 Å². The maximum atomic E-state index is 13.4. The van der Waals surface area contributed by atoms with Gasteiger partial charge in [-0.25, -0.2) is 8.78 Å². The SMILES string of the molecule is COc1ccccc1NC(=O)C(=O)Nc1c(F)cccc1F. The summed E-state index contributed by atoms with van der Waals surface area (Å²) >= 11 is 0. The largest absolute Gasteiger partial charge is 0.495 e. The van der Waals surface area contributed by atoms with E-state index in [4.69, 9.17) is 4.74 Å². The molecule has 22 heavy (non-hydrogen) atoms. The summed E-state index contributed by atoms with van der Waals surface area (Å²) < 4.78 is 31.8. The lowest BCUT2D eigenvalue weighted by atomic mass is 10.2. The molecule has 0 aromatic heterocycles. The van der Waals surface area contributed by atoms with Crippen LogP contribution in [0.3, 0.4) is 0 Å². The summed E-state index contributed by atoms with van der Waals surface area (Å²) in [6.45, 7) is 0. The molecule has 5 nitrogen and oxygen atoms in total. The van der Waals surface area contributed by atoms with Crippen LogP contribution in [0.25, 0.3) is 0 Å². The number of halogens is 2. The number of ether oxygens (including phenoxy) is 1. The van der Waals surface area contributed by atoms with Crippen LogP contribution in [0.1, 0.15) is 0 Å². The Labute approximate surface area is 124 Å². The van der Waals surface area contributed by atoms with Crippen molar-refractivity contribution in [3.05, 3.63) is 54.1 Å². The summed E-state index contributed by atoms with van der Waals surface area (Å²) in [5.41, 5.74) is -0.415. The Morgan fingerprint density at radius 2 is 1.50 bits per heavy atom. The van der Waals surface area contributed by atoms with Gasteiger partial charge in [0.1, 0.15) is 23.1 Å². The maximum Gasteiger partial charge on any atom is 0.314 e. The summed E-state index contributed by atoms with van der Waals surface area (Å²) in [7, 11) is 1.40. The minimum atomic E-state index is -1.20. The van der Waals surface area contributed by atoms with Gasteiger partial charge in [-0.05, 0) is 24.3 Å². The highest BCUT2D eigenvalue weighted by molar-refractivity contribution is 6.43. The van der Waals surface area contributed by atoms with Gasteiger partial charge in [0, 0.05) is 0 Å². The van der Waals surface area contributed by atoms with Gasteiger partial charge in [-0.1, -0.05) is 18.2 Å². The molecule has 0 aliphatic heterocycles. The second-order valence-corrected chi connectivity index (χ2v) is 4.21. The lowest BCUT2D eigenvalue weighted by Gasteiger charge is -2.10. The Morgan fingerprint density at radius 3 is 2.14 bits per heavy atom. The van der Waals surface area contributed by atoms with Crippen LogP contribution in [-0.2, 0) is 9.59 Å². The molecule has 0 saturated heterocycles. The number of methoxy groups -OCH3 is 1. The Hall–Kier alpha value is -2.96. The first-order valence-corrected chi connectivity index (χ1v) is 6.22. The van der Waals surface area contributed by atoms with E-state index in [2.05, 4.69) is 5.32 Å². The fourth-order valence-electron chi connectivity index (χ4n) is 1.71. The lowest BCUT2D eigenvalue weighted by Crippen LogP contribution is -2.30. The van der Waals surface area contributed by atoms with Crippen LogP contribution in [0.2, 0.25) is 0 Å². The number of hydrogen-bond acceptors (Lipinski definition) is 3. The average Bonchev–Trinajstić information content (AvgIpc) is 2.51. The predicted molar refractivity (Wildman–Crippen MR) is 76.6 cm³/mol. The molecule has 0 heterocycles. The first-order chi connectivity index (χ1) is 10.5. The van der Waals surface area contributed by atoms with E-state index in [-0.39, 0.29) is 5.69 Å². The number of rotatable bonds is 3. The van der Waals surface area contributed by atoms with Crippen LogP contribution in [0.4, 0.5) is 20.2 Å². The third kappa shape index (κ3) is 3.38. The molecule has 114 valence electrons. The van der Waals surface area contributed by atoms with Gasteiger partial charge in [-0.3, -0.25) is 9.59 Å². The quantitative estimate of drug-likeness (QED) is 0.856. The molecule has 7 heteroatoms. The number of carbonyl (C=O) groups is 2. The second kappa shape index (κ2) is 6.66. The fourth-order valence-corrected chi connectivity index (χ4v) is 1.71. The number of amides is 2. The molecule has 2 amide bonds. The van der Waals surface area contributed by atoms with Gasteiger partial charge < -0.3 is 15.4 Å². The van der Waals surface area contributed by atoms with Crippen molar-refractivity contribution in [2.45, 2.75) is 0 Å². The molecule has 2 aromatic rings. The lowest BCUT2D eigenvalue weighted by molar-refractivity contribution is -0.133. The van der Waals surface area contributed by atoms with Crippen LogP contribution in [0.5, 0.6) is 5.75 Å². The molecule has 2 aromatic carbocycles. The molecule has 0 bridgehead atoms. The van der Waals surface area contributed by atoms with Gasteiger partial charge in [0.05, 0.1) is 12.8 Å². The average molecular weight is 306 g/mol. The molecule has 0 unspecified atom stereocenters. The monoisotopic (exact) mass is 306 g/mol. The number of benzene rings is 2. The Kier molecular flexibility index (Phi) is 4.67. The minimum absolute atomic E-state index is 0.263. The summed E-state index contributed by atoms with van der Waals surface area (Å²) in [4.78, 5) is 23.5. The van der Waals surface area contributed by atoms with Gasteiger partial charge in [-0.15, -0.1) is 0 Å². The topological polar surface area (TPSA) is 67.4 Å². The van der Waals surface area contributed by atoms with Crippen molar-refractivity contribution >= 4 is 23.2 Å². The molecule has 0 aliphatic carbocycles. The van der Waals surface area contributed by atoms with Gasteiger partial charge in [0.2, 0.25) is 0 Å². The van der Waals surface area contributed by atoms with Crippen molar-refractivity contribution in [1.29, 1.82) is 0 Å². The highest BCUT2D eigenvalue weighted by Crippen LogP contribution is 2.23. The standard InChI is InChI=1S/C15H12F2N2O3/c1-22-12-8-3-2-7-11(12)18-14(20)15(21)19-13-9(16)5-4-6-10(13)17/h2-8H,1H3,(H,18,20)(H,19,21). The molecule has 0 spiro atoms. The molecule has 2 rings (SSSR count). The van der Waals surface area contributed by atoms with Crippen molar-refractivity contribution in [3.63, 3.8) is 0 Å². The van der Waals surface area contributed by atoms with E-state index in [1.54, 1.807) is 18.2 Å². The minimum Gasteiger partial charge on any atom is -0.495 e. The number of hydrogen-bond donors (Lipinski definition) is 2. The smallest absolute Gasteiger partial charge is 0.314 e.